The molecular formula is C16H20N8O4. The van der Waals surface area contributed by atoms with Gasteiger partial charge < -0.3 is 32.2 Å². The number of aryl methyl sites for hydroxylation is 1. The number of nitrogens with two attached hydrogens (primary N) is 2. The molecule has 1 aromatic heterocycles. The Morgan fingerprint density at radius 2 is 1.96 bits per heavy atom. The number of aromatic nitrogens is 2. The number of nitrogens with zero attached hydrogens (tertiary/aromatic N) is 2. The lowest BCUT2D eigenvalue weighted by molar-refractivity contribution is 0.0972. The number of rotatable bonds is 5. The maximum atomic E-state index is 12.0. The van der Waals surface area contributed by atoms with Crippen molar-refractivity contribution in [1.29, 1.82) is 0 Å². The van der Waals surface area contributed by atoms with E-state index in [4.69, 9.17) is 11.5 Å². The summed E-state index contributed by atoms with van der Waals surface area (Å²) >= 11 is 0. The molecule has 12 heteroatoms. The first-order valence-electron chi connectivity index (χ1n) is 8.08. The van der Waals surface area contributed by atoms with Crippen molar-refractivity contribution in [2.24, 2.45) is 10.7 Å². The molecule has 0 fully saturated rings. The van der Waals surface area contributed by atoms with Gasteiger partial charge in [0, 0.05) is 12.2 Å². The summed E-state index contributed by atoms with van der Waals surface area (Å²) in [5.41, 5.74) is 11.1. The number of guanidine groups is 1. The van der Waals surface area contributed by atoms with Crippen molar-refractivity contribution >= 4 is 29.4 Å². The monoisotopic (exact) mass is 388 g/mol. The highest BCUT2D eigenvalue weighted by Gasteiger charge is 2.14. The number of carbonyl (C=O) groups is 2. The standard InChI is InChI=1S/C16H20N8O4/c1-8-13(26)23-11(12(17)21-8)14(27)24-15(18)19-6-7-20-16(28)22-9-2-4-10(25)5-3-9/h2-5,25H,6-7H2,1H3,(H2,17,21)(H,23,26)(H2,20,22,28)(H3,18,19,24,27). The first-order chi connectivity index (χ1) is 13.3. The second kappa shape index (κ2) is 9.02. The number of hydrogen-bond donors (Lipinski definition) is 7. The fourth-order valence-electron chi connectivity index (χ4n) is 2.01. The van der Waals surface area contributed by atoms with Gasteiger partial charge in [0.15, 0.2) is 11.8 Å². The number of anilines is 2. The number of hydrogen-bond acceptors (Lipinski definition) is 7. The summed E-state index contributed by atoms with van der Waals surface area (Å²) in [4.78, 5) is 45.2. The molecule has 1 heterocycles. The minimum Gasteiger partial charge on any atom is -0.508 e. The number of phenols is 1. The molecule has 0 saturated carbocycles. The fourth-order valence-corrected chi connectivity index (χ4v) is 2.01. The number of aromatic amines is 1. The molecule has 1 aromatic carbocycles. The number of amides is 3. The molecule has 0 aliphatic rings. The van der Waals surface area contributed by atoms with E-state index in [1.54, 1.807) is 0 Å². The van der Waals surface area contributed by atoms with E-state index in [9.17, 15) is 19.5 Å². The fraction of sp³-hybridized carbons (Fsp3) is 0.188. The molecule has 0 saturated heterocycles. The van der Waals surface area contributed by atoms with Gasteiger partial charge in [-0.05, 0) is 31.2 Å². The van der Waals surface area contributed by atoms with E-state index in [0.717, 1.165) is 0 Å². The van der Waals surface area contributed by atoms with Crippen LogP contribution >= 0.6 is 0 Å². The molecule has 0 spiro atoms. The molecule has 0 atom stereocenters. The lowest BCUT2D eigenvalue weighted by Crippen LogP contribution is -2.39. The predicted octanol–water partition coefficient (Wildman–Crippen LogP) is -0.768. The van der Waals surface area contributed by atoms with Gasteiger partial charge in [-0.25, -0.2) is 9.78 Å². The van der Waals surface area contributed by atoms with Gasteiger partial charge in [0.25, 0.3) is 11.5 Å². The number of aromatic hydroxyl groups is 1. The lowest BCUT2D eigenvalue weighted by Gasteiger charge is -2.08. The average molecular weight is 388 g/mol. The lowest BCUT2D eigenvalue weighted by atomic mass is 10.3. The van der Waals surface area contributed by atoms with Gasteiger partial charge in [-0.15, -0.1) is 0 Å². The Bertz CT molecular complexity index is 952. The van der Waals surface area contributed by atoms with Gasteiger partial charge in [-0.3, -0.25) is 19.9 Å². The summed E-state index contributed by atoms with van der Waals surface area (Å²) in [6, 6.07) is 5.48. The normalized spacial score (nSPS) is 11.0. The number of aliphatic imine (C=N–C) groups is 1. The zero-order valence-corrected chi connectivity index (χ0v) is 14.9. The van der Waals surface area contributed by atoms with E-state index in [0.29, 0.717) is 5.69 Å². The van der Waals surface area contributed by atoms with Crippen LogP contribution in [0.5, 0.6) is 5.75 Å². The maximum Gasteiger partial charge on any atom is 0.319 e. The summed E-state index contributed by atoms with van der Waals surface area (Å²) in [6.45, 7) is 1.69. The van der Waals surface area contributed by atoms with E-state index in [1.165, 1.54) is 31.2 Å². The van der Waals surface area contributed by atoms with Crippen molar-refractivity contribution in [1.82, 2.24) is 20.6 Å². The molecule has 3 amide bonds. The third-order valence-electron chi connectivity index (χ3n) is 3.38. The van der Waals surface area contributed by atoms with Crippen LogP contribution in [0.3, 0.4) is 0 Å². The minimum atomic E-state index is -0.763. The quantitative estimate of drug-likeness (QED) is 0.151. The molecule has 2 rings (SSSR count). The maximum absolute atomic E-state index is 12.0. The molecule has 0 radical (unpaired) electrons. The topological polar surface area (TPSA) is 201 Å². The van der Waals surface area contributed by atoms with Gasteiger partial charge in [0.1, 0.15) is 17.1 Å². The van der Waals surface area contributed by atoms with Gasteiger partial charge in [-0.2, -0.15) is 0 Å². The minimum absolute atomic E-state index is 0.0880. The van der Waals surface area contributed by atoms with Crippen LogP contribution in [0.15, 0.2) is 34.1 Å². The Kier molecular flexibility index (Phi) is 6.52. The van der Waals surface area contributed by atoms with Gasteiger partial charge in [0.2, 0.25) is 0 Å². The third-order valence-corrected chi connectivity index (χ3v) is 3.38. The smallest absolute Gasteiger partial charge is 0.319 e. The first-order valence-corrected chi connectivity index (χ1v) is 8.08. The average Bonchev–Trinajstić information content (AvgIpc) is 2.63. The summed E-state index contributed by atoms with van der Waals surface area (Å²) in [6.07, 6.45) is 0. The molecule has 148 valence electrons. The Labute approximate surface area is 159 Å². The van der Waals surface area contributed by atoms with Crippen LogP contribution < -0.4 is 33.0 Å². The molecule has 12 nitrogen and oxygen atoms in total. The number of urea groups is 1. The summed E-state index contributed by atoms with van der Waals surface area (Å²) in [5.74, 6) is -1.03. The van der Waals surface area contributed by atoms with E-state index >= 15 is 0 Å². The molecule has 9 N–H and O–H groups in total. The second-order valence-electron chi connectivity index (χ2n) is 5.56. The molecule has 2 aromatic rings. The Hall–Kier alpha value is -4.09. The Morgan fingerprint density at radius 3 is 2.64 bits per heavy atom. The molecule has 0 bridgehead atoms. The summed E-state index contributed by atoms with van der Waals surface area (Å²) in [5, 5.41) is 16.5. The molecule has 0 aliphatic carbocycles. The van der Waals surface area contributed by atoms with Crippen LogP contribution in [0.1, 0.15) is 16.2 Å². The van der Waals surface area contributed by atoms with Crippen LogP contribution in [0.2, 0.25) is 0 Å². The van der Waals surface area contributed by atoms with Crippen molar-refractivity contribution < 1.29 is 14.7 Å². The molecule has 28 heavy (non-hydrogen) atoms. The van der Waals surface area contributed by atoms with Gasteiger partial charge >= 0.3 is 6.03 Å². The number of H-pyrrole nitrogens is 1. The number of nitrogen functional groups attached to an aromatic ring is 1. The SMILES string of the molecule is Cc1nc(N)c(C(=O)NC(N)=NCCNC(=O)Nc2ccc(O)cc2)[nH]c1=O. The largest absolute Gasteiger partial charge is 0.508 e. The van der Waals surface area contributed by atoms with Crippen molar-refractivity contribution in [3.8, 4) is 5.75 Å². The highest BCUT2D eigenvalue weighted by molar-refractivity contribution is 6.06. The third kappa shape index (κ3) is 5.72. The Morgan fingerprint density at radius 1 is 1.29 bits per heavy atom. The van der Waals surface area contributed by atoms with Crippen molar-refractivity contribution in [3.63, 3.8) is 0 Å². The summed E-state index contributed by atoms with van der Waals surface area (Å²) < 4.78 is 0. The first kappa shape index (κ1) is 20.2. The number of benzene rings is 1. The van der Waals surface area contributed by atoms with Crippen LogP contribution in [0.25, 0.3) is 0 Å². The van der Waals surface area contributed by atoms with Crippen molar-refractivity contribution in [3.05, 3.63) is 46.0 Å². The summed E-state index contributed by atoms with van der Waals surface area (Å²) in [7, 11) is 0. The number of nitrogens with one attached hydrogen (secondary N) is 4. The number of carbonyl (C=O) groups excluding carboxylic acids is 2. The predicted molar refractivity (Wildman–Crippen MR) is 103 cm³/mol. The number of phenolic OH excluding ortho intramolecular Hbond substituents is 1. The zero-order chi connectivity index (χ0) is 20.7. The van der Waals surface area contributed by atoms with E-state index in [1.807, 2.05) is 0 Å². The van der Waals surface area contributed by atoms with Crippen molar-refractivity contribution in [2.45, 2.75) is 6.92 Å². The van der Waals surface area contributed by atoms with Gasteiger partial charge in [-0.1, -0.05) is 0 Å². The van der Waals surface area contributed by atoms with Crippen molar-refractivity contribution in [2.75, 3.05) is 24.1 Å². The van der Waals surface area contributed by atoms with Crippen LogP contribution in [-0.4, -0.2) is 46.1 Å². The molecular weight excluding hydrogens is 368 g/mol. The van der Waals surface area contributed by atoms with Gasteiger partial charge in [0.05, 0.1) is 6.54 Å². The van der Waals surface area contributed by atoms with Crippen LogP contribution in [0, 0.1) is 6.92 Å². The Balaban J connectivity index is 1.80. The second-order valence-corrected chi connectivity index (χ2v) is 5.56. The van der Waals surface area contributed by atoms with Crippen LogP contribution in [0.4, 0.5) is 16.3 Å². The van der Waals surface area contributed by atoms with Crippen LogP contribution in [-0.2, 0) is 0 Å². The zero-order valence-electron chi connectivity index (χ0n) is 14.9. The molecule has 0 unspecified atom stereocenters. The van der Waals surface area contributed by atoms with E-state index in [-0.39, 0.29) is 42.0 Å². The highest BCUT2D eigenvalue weighted by atomic mass is 16.3. The van der Waals surface area contributed by atoms with E-state index in [2.05, 4.69) is 30.9 Å². The molecule has 0 aliphatic heterocycles. The highest BCUT2D eigenvalue weighted by Crippen LogP contribution is 2.13. The van der Waals surface area contributed by atoms with E-state index < -0.39 is 17.5 Å².